The third kappa shape index (κ3) is 3.34. The molecule has 1 aliphatic rings. The summed E-state index contributed by atoms with van der Waals surface area (Å²) in [5, 5.41) is 0. The molecule has 8 heteroatoms. The molecule has 2 heterocycles. The van der Waals surface area contributed by atoms with Crippen molar-refractivity contribution in [3.05, 3.63) is 59.0 Å². The second kappa shape index (κ2) is 7.70. The van der Waals surface area contributed by atoms with Crippen molar-refractivity contribution in [3.8, 4) is 5.75 Å². The van der Waals surface area contributed by atoms with Crippen LogP contribution in [-0.2, 0) is 23.2 Å². The summed E-state index contributed by atoms with van der Waals surface area (Å²) >= 11 is 0. The molecule has 1 atom stereocenters. The molecule has 0 radical (unpaired) electrons. The largest absolute Gasteiger partial charge is 0.476 e. The minimum Gasteiger partial charge on any atom is -0.476 e. The molecule has 2 aromatic carbocycles. The van der Waals surface area contributed by atoms with Crippen molar-refractivity contribution < 1.29 is 14.3 Å². The Morgan fingerprint density at radius 3 is 2.47 bits per heavy atom. The van der Waals surface area contributed by atoms with Crippen LogP contribution in [0.2, 0.25) is 0 Å². The van der Waals surface area contributed by atoms with E-state index in [2.05, 4.69) is 0 Å². The van der Waals surface area contributed by atoms with Gasteiger partial charge < -0.3 is 14.5 Å². The number of amides is 2. The number of hydrogen-bond acceptors (Lipinski definition) is 4. The van der Waals surface area contributed by atoms with Crippen LogP contribution in [0.4, 0.5) is 5.69 Å². The van der Waals surface area contributed by atoms with Crippen LogP contribution in [0.25, 0.3) is 11.0 Å². The van der Waals surface area contributed by atoms with Crippen molar-refractivity contribution in [1.29, 1.82) is 0 Å². The van der Waals surface area contributed by atoms with Crippen LogP contribution in [0.5, 0.6) is 5.75 Å². The minimum atomic E-state index is -0.765. The van der Waals surface area contributed by atoms with Crippen molar-refractivity contribution in [2.75, 3.05) is 25.5 Å². The molecular weight excluding hydrogens is 384 g/mol. The average Bonchev–Trinajstić information content (AvgIpc) is 3.00. The van der Waals surface area contributed by atoms with E-state index < -0.39 is 6.10 Å². The topological polar surface area (TPSA) is 76.8 Å². The molecule has 0 spiro atoms. The predicted octanol–water partition coefficient (Wildman–Crippen LogP) is 1.61. The number of ether oxygens (including phenoxy) is 1. The summed E-state index contributed by atoms with van der Waals surface area (Å²) in [4.78, 5) is 41.3. The maximum Gasteiger partial charge on any atom is 0.328 e. The summed E-state index contributed by atoms with van der Waals surface area (Å²) in [5.41, 5.74) is 2.09. The molecule has 0 saturated carbocycles. The van der Waals surface area contributed by atoms with Gasteiger partial charge in [-0.3, -0.25) is 18.7 Å². The lowest BCUT2D eigenvalue weighted by molar-refractivity contribution is -0.136. The number of carbonyl (C=O) groups is 2. The number of carbonyl (C=O) groups excluding carboxylic acids is 2. The van der Waals surface area contributed by atoms with Crippen LogP contribution >= 0.6 is 0 Å². The predicted molar refractivity (Wildman–Crippen MR) is 114 cm³/mol. The van der Waals surface area contributed by atoms with E-state index in [1.54, 1.807) is 53.4 Å². The number of nitrogens with zero attached hydrogens (tertiary/aromatic N) is 4. The first-order valence-electron chi connectivity index (χ1n) is 9.80. The number of benzene rings is 2. The Kier molecular flexibility index (Phi) is 5.07. The maximum atomic E-state index is 13.1. The quantitative estimate of drug-likeness (QED) is 0.657. The number of likely N-dealkylation sites (N-methyl/N-ethyl adjacent to an activating group) is 1. The number of aryl methyl sites for hydroxylation is 2. The SMILES string of the molecule is CN(C)C(=O)[C@@H]1CN(C(=O)CCn2c(=O)n(C)c3ccccc32)c2ccccc2O1. The summed E-state index contributed by atoms with van der Waals surface area (Å²) in [6.45, 7) is 0.391. The molecule has 0 saturated heterocycles. The van der Waals surface area contributed by atoms with Gasteiger partial charge in [-0.25, -0.2) is 4.79 Å². The fourth-order valence-corrected chi connectivity index (χ4v) is 3.81. The van der Waals surface area contributed by atoms with E-state index in [1.807, 2.05) is 30.3 Å². The molecule has 30 heavy (non-hydrogen) atoms. The standard InChI is InChI=1S/C22H24N4O4/c1-23(2)21(28)19-14-26(17-10-6-7-11-18(17)30-19)20(27)12-13-25-16-9-5-4-8-15(16)24(3)22(25)29/h4-11,19H,12-14H2,1-3H3/t19-/m0/s1. The Hall–Kier alpha value is -3.55. The Labute approximate surface area is 173 Å². The number of para-hydroxylation sites is 4. The van der Waals surface area contributed by atoms with Crippen LogP contribution in [0, 0.1) is 0 Å². The third-order valence-corrected chi connectivity index (χ3v) is 5.39. The fraction of sp³-hybridized carbons (Fsp3) is 0.318. The summed E-state index contributed by atoms with van der Waals surface area (Å²) in [5.74, 6) is 0.134. The molecule has 1 aromatic heterocycles. The van der Waals surface area contributed by atoms with Crippen molar-refractivity contribution in [2.24, 2.45) is 7.05 Å². The van der Waals surface area contributed by atoms with Crippen molar-refractivity contribution in [1.82, 2.24) is 14.0 Å². The maximum absolute atomic E-state index is 13.1. The summed E-state index contributed by atoms with van der Waals surface area (Å²) in [7, 11) is 5.04. The van der Waals surface area contributed by atoms with Crippen molar-refractivity contribution >= 4 is 28.5 Å². The molecule has 0 N–H and O–H groups in total. The lowest BCUT2D eigenvalue weighted by Crippen LogP contribution is -2.50. The normalized spacial score (nSPS) is 15.6. The molecule has 156 valence electrons. The zero-order valence-corrected chi connectivity index (χ0v) is 17.2. The fourth-order valence-electron chi connectivity index (χ4n) is 3.81. The van der Waals surface area contributed by atoms with Crippen LogP contribution in [0.1, 0.15) is 6.42 Å². The van der Waals surface area contributed by atoms with Crippen molar-refractivity contribution in [2.45, 2.75) is 19.1 Å². The number of anilines is 1. The molecule has 2 amide bonds. The minimum absolute atomic E-state index is 0.130. The van der Waals surface area contributed by atoms with Gasteiger partial charge in [0.2, 0.25) is 5.91 Å². The lowest BCUT2D eigenvalue weighted by Gasteiger charge is -2.35. The van der Waals surface area contributed by atoms with Gasteiger partial charge >= 0.3 is 5.69 Å². The zero-order chi connectivity index (χ0) is 21.4. The summed E-state index contributed by atoms with van der Waals surface area (Å²) in [6, 6.07) is 14.7. The number of imidazole rings is 1. The van der Waals surface area contributed by atoms with Gasteiger partial charge in [0.1, 0.15) is 5.75 Å². The second-order valence-electron chi connectivity index (χ2n) is 7.54. The highest BCUT2D eigenvalue weighted by Crippen LogP contribution is 2.33. The van der Waals surface area contributed by atoms with E-state index in [0.29, 0.717) is 11.4 Å². The monoisotopic (exact) mass is 408 g/mol. The highest BCUT2D eigenvalue weighted by atomic mass is 16.5. The van der Waals surface area contributed by atoms with Crippen LogP contribution in [-0.4, -0.2) is 52.6 Å². The van der Waals surface area contributed by atoms with E-state index >= 15 is 0 Å². The molecule has 3 aromatic rings. The Morgan fingerprint density at radius 2 is 1.73 bits per heavy atom. The Balaban J connectivity index is 1.59. The van der Waals surface area contributed by atoms with Gasteiger partial charge in [0.05, 0.1) is 23.3 Å². The van der Waals surface area contributed by atoms with Crippen molar-refractivity contribution in [3.63, 3.8) is 0 Å². The first-order valence-corrected chi connectivity index (χ1v) is 9.80. The molecule has 4 rings (SSSR count). The Bertz CT molecular complexity index is 1180. The first kappa shape index (κ1) is 19.8. The van der Waals surface area contributed by atoms with E-state index in [-0.39, 0.29) is 37.0 Å². The zero-order valence-electron chi connectivity index (χ0n) is 17.2. The molecule has 0 aliphatic carbocycles. The van der Waals surface area contributed by atoms with E-state index in [1.165, 1.54) is 4.90 Å². The average molecular weight is 408 g/mol. The second-order valence-corrected chi connectivity index (χ2v) is 7.54. The molecule has 0 unspecified atom stereocenters. The molecule has 0 bridgehead atoms. The summed E-state index contributed by atoms with van der Waals surface area (Å²) in [6.07, 6.45) is -0.635. The number of rotatable bonds is 4. The van der Waals surface area contributed by atoms with E-state index in [0.717, 1.165) is 11.0 Å². The van der Waals surface area contributed by atoms with Gasteiger partial charge in [-0.05, 0) is 24.3 Å². The number of hydrogen-bond donors (Lipinski definition) is 0. The van der Waals surface area contributed by atoms with Gasteiger partial charge in [-0.2, -0.15) is 0 Å². The van der Waals surface area contributed by atoms with Gasteiger partial charge in [0.25, 0.3) is 5.91 Å². The third-order valence-electron chi connectivity index (χ3n) is 5.39. The van der Waals surface area contributed by atoms with Gasteiger partial charge in [0.15, 0.2) is 6.10 Å². The highest BCUT2D eigenvalue weighted by molar-refractivity contribution is 5.97. The summed E-state index contributed by atoms with van der Waals surface area (Å²) < 4.78 is 9.03. The van der Waals surface area contributed by atoms with E-state index in [9.17, 15) is 14.4 Å². The molecule has 0 fully saturated rings. The van der Waals surface area contributed by atoms with Gasteiger partial charge in [-0.15, -0.1) is 0 Å². The molecule has 8 nitrogen and oxygen atoms in total. The number of aromatic nitrogens is 2. The van der Waals surface area contributed by atoms with Crippen LogP contribution < -0.4 is 15.3 Å². The van der Waals surface area contributed by atoms with Gasteiger partial charge in [-0.1, -0.05) is 24.3 Å². The smallest absolute Gasteiger partial charge is 0.328 e. The molecular formula is C22H24N4O4. The first-order chi connectivity index (χ1) is 14.4. The van der Waals surface area contributed by atoms with Gasteiger partial charge in [0, 0.05) is 34.1 Å². The molecule has 1 aliphatic heterocycles. The van der Waals surface area contributed by atoms with Crippen LogP contribution in [0.3, 0.4) is 0 Å². The Morgan fingerprint density at radius 1 is 1.07 bits per heavy atom. The van der Waals surface area contributed by atoms with Crippen LogP contribution in [0.15, 0.2) is 53.3 Å². The van der Waals surface area contributed by atoms with E-state index in [4.69, 9.17) is 4.74 Å². The highest BCUT2D eigenvalue weighted by Gasteiger charge is 2.34. The lowest BCUT2D eigenvalue weighted by atomic mass is 10.1. The number of fused-ring (bicyclic) bond motifs is 2.